The van der Waals surface area contributed by atoms with E-state index in [9.17, 15) is 4.39 Å². The molecule has 0 aliphatic heterocycles. The fraction of sp³-hybridized carbons (Fsp3) is 0.167. The SMILES string of the molecule is NC(Cc1ccccc1F)c1ncccn1. The van der Waals surface area contributed by atoms with E-state index in [4.69, 9.17) is 5.73 Å². The summed E-state index contributed by atoms with van der Waals surface area (Å²) in [6, 6.07) is 7.93. The van der Waals surface area contributed by atoms with E-state index in [1.54, 1.807) is 36.7 Å². The van der Waals surface area contributed by atoms with Crippen LogP contribution in [0.3, 0.4) is 0 Å². The zero-order valence-electron chi connectivity index (χ0n) is 8.68. The molecular weight excluding hydrogens is 205 g/mol. The van der Waals surface area contributed by atoms with Gasteiger partial charge in [-0.2, -0.15) is 0 Å². The number of rotatable bonds is 3. The number of nitrogens with zero attached hydrogens (tertiary/aromatic N) is 2. The molecule has 0 aliphatic carbocycles. The monoisotopic (exact) mass is 217 g/mol. The van der Waals surface area contributed by atoms with Crippen LogP contribution in [0.15, 0.2) is 42.7 Å². The molecule has 82 valence electrons. The maximum atomic E-state index is 13.4. The van der Waals surface area contributed by atoms with Crippen LogP contribution >= 0.6 is 0 Å². The lowest BCUT2D eigenvalue weighted by atomic mass is 10.1. The van der Waals surface area contributed by atoms with E-state index in [2.05, 4.69) is 9.97 Å². The lowest BCUT2D eigenvalue weighted by Crippen LogP contribution is -2.16. The van der Waals surface area contributed by atoms with E-state index < -0.39 is 0 Å². The quantitative estimate of drug-likeness (QED) is 0.853. The van der Waals surface area contributed by atoms with E-state index in [0.29, 0.717) is 17.8 Å². The molecule has 2 rings (SSSR count). The highest BCUT2D eigenvalue weighted by atomic mass is 19.1. The van der Waals surface area contributed by atoms with Crippen molar-refractivity contribution in [2.45, 2.75) is 12.5 Å². The van der Waals surface area contributed by atoms with Gasteiger partial charge < -0.3 is 5.73 Å². The normalized spacial score (nSPS) is 12.4. The summed E-state index contributed by atoms with van der Waals surface area (Å²) in [6.07, 6.45) is 3.66. The molecule has 1 heterocycles. The average Bonchev–Trinajstić information content (AvgIpc) is 2.33. The van der Waals surface area contributed by atoms with Crippen molar-refractivity contribution in [3.8, 4) is 0 Å². The molecule has 0 aliphatic rings. The van der Waals surface area contributed by atoms with E-state index in [1.165, 1.54) is 6.07 Å². The first-order valence-corrected chi connectivity index (χ1v) is 5.03. The van der Waals surface area contributed by atoms with Crippen molar-refractivity contribution in [1.29, 1.82) is 0 Å². The maximum Gasteiger partial charge on any atom is 0.145 e. The molecule has 1 unspecified atom stereocenters. The van der Waals surface area contributed by atoms with Crippen molar-refractivity contribution in [2.24, 2.45) is 5.73 Å². The average molecular weight is 217 g/mol. The van der Waals surface area contributed by atoms with Gasteiger partial charge in [0.2, 0.25) is 0 Å². The smallest absolute Gasteiger partial charge is 0.145 e. The Balaban J connectivity index is 2.14. The van der Waals surface area contributed by atoms with Gasteiger partial charge in [-0.3, -0.25) is 0 Å². The van der Waals surface area contributed by atoms with E-state index in [-0.39, 0.29) is 11.9 Å². The fourth-order valence-electron chi connectivity index (χ4n) is 1.49. The molecule has 0 saturated carbocycles. The summed E-state index contributed by atoms with van der Waals surface area (Å²) in [5, 5.41) is 0. The van der Waals surface area contributed by atoms with Gasteiger partial charge in [-0.1, -0.05) is 18.2 Å². The first kappa shape index (κ1) is 10.7. The second-order valence-electron chi connectivity index (χ2n) is 3.51. The van der Waals surface area contributed by atoms with Crippen LogP contribution in [0.1, 0.15) is 17.4 Å². The van der Waals surface area contributed by atoms with Gasteiger partial charge in [-0.15, -0.1) is 0 Å². The number of nitrogens with two attached hydrogens (primary N) is 1. The lowest BCUT2D eigenvalue weighted by molar-refractivity contribution is 0.584. The van der Waals surface area contributed by atoms with Gasteiger partial charge in [0, 0.05) is 12.4 Å². The van der Waals surface area contributed by atoms with Gasteiger partial charge in [0.25, 0.3) is 0 Å². The molecule has 0 amide bonds. The Morgan fingerprint density at radius 2 is 1.81 bits per heavy atom. The maximum absolute atomic E-state index is 13.4. The summed E-state index contributed by atoms with van der Waals surface area (Å²) >= 11 is 0. The van der Waals surface area contributed by atoms with Gasteiger partial charge in [-0.05, 0) is 24.1 Å². The molecular formula is C12H12FN3. The largest absolute Gasteiger partial charge is 0.321 e. The van der Waals surface area contributed by atoms with E-state index in [0.717, 1.165) is 0 Å². The fourth-order valence-corrected chi connectivity index (χ4v) is 1.49. The van der Waals surface area contributed by atoms with Gasteiger partial charge in [0.1, 0.15) is 11.6 Å². The Kier molecular flexibility index (Phi) is 3.22. The third-order valence-electron chi connectivity index (χ3n) is 2.32. The highest BCUT2D eigenvalue weighted by Crippen LogP contribution is 2.14. The molecule has 1 aromatic carbocycles. The number of benzene rings is 1. The van der Waals surface area contributed by atoms with Crippen molar-refractivity contribution in [1.82, 2.24) is 9.97 Å². The van der Waals surface area contributed by atoms with Crippen molar-refractivity contribution in [3.63, 3.8) is 0 Å². The van der Waals surface area contributed by atoms with Crippen molar-refractivity contribution in [3.05, 3.63) is 59.9 Å². The van der Waals surface area contributed by atoms with E-state index in [1.807, 2.05) is 0 Å². The number of halogens is 1. The summed E-state index contributed by atoms with van der Waals surface area (Å²) in [5.74, 6) is 0.291. The molecule has 0 bridgehead atoms. The molecule has 4 heteroatoms. The Morgan fingerprint density at radius 1 is 1.12 bits per heavy atom. The van der Waals surface area contributed by atoms with E-state index >= 15 is 0 Å². The second kappa shape index (κ2) is 4.81. The molecule has 3 nitrogen and oxygen atoms in total. The third kappa shape index (κ3) is 2.41. The summed E-state index contributed by atoms with van der Waals surface area (Å²) in [7, 11) is 0. The number of hydrogen-bond donors (Lipinski definition) is 1. The van der Waals surface area contributed by atoms with Crippen molar-refractivity contribution < 1.29 is 4.39 Å². The van der Waals surface area contributed by atoms with Gasteiger partial charge in [0.15, 0.2) is 0 Å². The van der Waals surface area contributed by atoms with Crippen LogP contribution in [0.5, 0.6) is 0 Å². The highest BCUT2D eigenvalue weighted by Gasteiger charge is 2.11. The summed E-state index contributed by atoms with van der Waals surface area (Å²) in [6.45, 7) is 0. The Morgan fingerprint density at radius 3 is 2.50 bits per heavy atom. The molecule has 1 atom stereocenters. The zero-order valence-corrected chi connectivity index (χ0v) is 8.68. The van der Waals surface area contributed by atoms with Crippen LogP contribution in [-0.2, 0) is 6.42 Å². The summed E-state index contributed by atoms with van der Waals surface area (Å²) in [4.78, 5) is 8.09. The second-order valence-corrected chi connectivity index (χ2v) is 3.51. The van der Waals surface area contributed by atoms with Crippen LogP contribution < -0.4 is 5.73 Å². The van der Waals surface area contributed by atoms with Crippen LogP contribution in [-0.4, -0.2) is 9.97 Å². The predicted octanol–water partition coefficient (Wildman–Crippen LogP) is 1.86. The number of hydrogen-bond acceptors (Lipinski definition) is 3. The minimum atomic E-state index is -0.377. The van der Waals surface area contributed by atoms with Crippen LogP contribution in [0.2, 0.25) is 0 Å². The molecule has 2 aromatic rings. The molecule has 0 fully saturated rings. The lowest BCUT2D eigenvalue weighted by Gasteiger charge is -2.10. The van der Waals surface area contributed by atoms with Crippen LogP contribution in [0.4, 0.5) is 4.39 Å². The molecule has 2 N–H and O–H groups in total. The van der Waals surface area contributed by atoms with Crippen LogP contribution in [0, 0.1) is 5.82 Å². The minimum absolute atomic E-state index is 0.242. The molecule has 0 spiro atoms. The Hall–Kier alpha value is -1.81. The molecule has 0 saturated heterocycles. The first-order valence-electron chi connectivity index (χ1n) is 5.03. The summed E-state index contributed by atoms with van der Waals surface area (Å²) in [5.41, 5.74) is 6.49. The molecule has 0 radical (unpaired) electrons. The van der Waals surface area contributed by atoms with Gasteiger partial charge >= 0.3 is 0 Å². The third-order valence-corrected chi connectivity index (χ3v) is 2.32. The zero-order chi connectivity index (χ0) is 11.4. The summed E-state index contributed by atoms with van der Waals surface area (Å²) < 4.78 is 13.4. The molecule has 16 heavy (non-hydrogen) atoms. The highest BCUT2D eigenvalue weighted by molar-refractivity contribution is 5.19. The Bertz CT molecular complexity index is 459. The minimum Gasteiger partial charge on any atom is -0.321 e. The standard InChI is InChI=1S/C12H12FN3/c13-10-5-2-1-4-9(10)8-11(14)12-15-6-3-7-16-12/h1-7,11H,8,14H2. The molecule has 1 aromatic heterocycles. The predicted molar refractivity (Wildman–Crippen MR) is 59.1 cm³/mol. The van der Waals surface area contributed by atoms with Crippen LogP contribution in [0.25, 0.3) is 0 Å². The van der Waals surface area contributed by atoms with Gasteiger partial charge in [-0.25, -0.2) is 14.4 Å². The first-order chi connectivity index (χ1) is 7.77. The van der Waals surface area contributed by atoms with Crippen molar-refractivity contribution >= 4 is 0 Å². The van der Waals surface area contributed by atoms with Gasteiger partial charge in [0.05, 0.1) is 6.04 Å². The Labute approximate surface area is 93.2 Å². The number of aromatic nitrogens is 2. The topological polar surface area (TPSA) is 51.8 Å². The van der Waals surface area contributed by atoms with Crippen molar-refractivity contribution in [2.75, 3.05) is 0 Å².